The maximum atomic E-state index is 11.8. The zero-order valence-electron chi connectivity index (χ0n) is 11.9. The van der Waals surface area contributed by atoms with Gasteiger partial charge in [0.25, 0.3) is 5.91 Å². The molecule has 1 aromatic carbocycles. The van der Waals surface area contributed by atoms with Crippen molar-refractivity contribution in [1.29, 1.82) is 0 Å². The zero-order valence-corrected chi connectivity index (χ0v) is 11.9. The molecular formula is C15H20N2O2. The van der Waals surface area contributed by atoms with Crippen molar-refractivity contribution in [3.05, 3.63) is 47.0 Å². The Bertz CT molecular complexity index is 485. The molecule has 0 saturated carbocycles. The summed E-state index contributed by atoms with van der Waals surface area (Å²) in [6, 6.07) is 7.23. The van der Waals surface area contributed by atoms with E-state index in [2.05, 4.69) is 5.32 Å². The smallest absolute Gasteiger partial charge is 0.251 e. The summed E-state index contributed by atoms with van der Waals surface area (Å²) in [7, 11) is 3.36. The van der Waals surface area contributed by atoms with Crippen molar-refractivity contribution in [2.45, 2.75) is 20.4 Å². The normalized spacial score (nSPS) is 9.68. The van der Waals surface area contributed by atoms with Crippen LogP contribution in [0.3, 0.4) is 0 Å². The first kappa shape index (κ1) is 15.0. The van der Waals surface area contributed by atoms with Crippen molar-refractivity contribution < 1.29 is 9.59 Å². The number of carbonyl (C=O) groups excluding carboxylic acids is 2. The highest BCUT2D eigenvalue weighted by Crippen LogP contribution is 2.07. The number of allylic oxidation sites excluding steroid dienone is 1. The van der Waals surface area contributed by atoms with Gasteiger partial charge in [0.1, 0.15) is 0 Å². The van der Waals surface area contributed by atoms with Gasteiger partial charge in [0, 0.05) is 32.3 Å². The average Bonchev–Trinajstić information content (AvgIpc) is 2.37. The van der Waals surface area contributed by atoms with E-state index in [1.54, 1.807) is 37.2 Å². The molecule has 0 saturated heterocycles. The van der Waals surface area contributed by atoms with Crippen LogP contribution in [0, 0.1) is 0 Å². The molecule has 0 radical (unpaired) electrons. The highest BCUT2D eigenvalue weighted by molar-refractivity contribution is 5.94. The molecule has 0 aliphatic heterocycles. The number of hydrogen-bond acceptors (Lipinski definition) is 2. The van der Waals surface area contributed by atoms with Gasteiger partial charge < -0.3 is 10.2 Å². The van der Waals surface area contributed by atoms with Crippen LogP contribution in [0.1, 0.15) is 29.8 Å². The fourth-order valence-electron chi connectivity index (χ4n) is 1.61. The maximum absolute atomic E-state index is 11.8. The van der Waals surface area contributed by atoms with Crippen LogP contribution in [0.25, 0.3) is 0 Å². The number of nitrogens with one attached hydrogen (secondary N) is 1. The largest absolute Gasteiger partial charge is 0.355 e. The molecular weight excluding hydrogens is 240 g/mol. The standard InChI is InChI=1S/C15H20N2O2/c1-11(2)9-14(18)17(4)10-12-5-7-13(8-6-12)15(19)16-3/h5-9H,10H2,1-4H3,(H,16,19). The minimum absolute atomic E-state index is 0.0182. The van der Waals surface area contributed by atoms with Crippen molar-refractivity contribution in [3.63, 3.8) is 0 Å². The van der Waals surface area contributed by atoms with E-state index >= 15 is 0 Å². The Kier molecular flexibility index (Phi) is 5.30. The summed E-state index contributed by atoms with van der Waals surface area (Å²) in [5, 5.41) is 2.57. The molecule has 2 amide bonds. The van der Waals surface area contributed by atoms with Gasteiger partial charge in [0.2, 0.25) is 5.91 Å². The van der Waals surface area contributed by atoms with Crippen molar-refractivity contribution in [2.24, 2.45) is 0 Å². The number of benzene rings is 1. The van der Waals surface area contributed by atoms with E-state index in [4.69, 9.17) is 0 Å². The lowest BCUT2D eigenvalue weighted by Crippen LogP contribution is -2.24. The Morgan fingerprint density at radius 3 is 2.26 bits per heavy atom. The van der Waals surface area contributed by atoms with Crippen LogP contribution in [0.2, 0.25) is 0 Å². The first-order valence-corrected chi connectivity index (χ1v) is 6.15. The van der Waals surface area contributed by atoms with Gasteiger partial charge in [-0.3, -0.25) is 9.59 Å². The van der Waals surface area contributed by atoms with E-state index in [-0.39, 0.29) is 11.8 Å². The third-order valence-electron chi connectivity index (χ3n) is 2.65. The monoisotopic (exact) mass is 260 g/mol. The summed E-state index contributed by atoms with van der Waals surface area (Å²) in [4.78, 5) is 24.8. The summed E-state index contributed by atoms with van der Waals surface area (Å²) < 4.78 is 0. The van der Waals surface area contributed by atoms with Gasteiger partial charge in [-0.15, -0.1) is 0 Å². The summed E-state index contributed by atoms with van der Waals surface area (Å²) >= 11 is 0. The van der Waals surface area contributed by atoms with Crippen LogP contribution in [0.15, 0.2) is 35.9 Å². The molecule has 0 unspecified atom stereocenters. The molecule has 19 heavy (non-hydrogen) atoms. The predicted molar refractivity (Wildman–Crippen MR) is 75.7 cm³/mol. The van der Waals surface area contributed by atoms with E-state index in [1.807, 2.05) is 26.0 Å². The Labute approximate surface area is 114 Å². The lowest BCUT2D eigenvalue weighted by atomic mass is 10.1. The quantitative estimate of drug-likeness (QED) is 0.841. The molecule has 1 aromatic rings. The topological polar surface area (TPSA) is 49.4 Å². The van der Waals surface area contributed by atoms with Crippen molar-refractivity contribution in [1.82, 2.24) is 10.2 Å². The van der Waals surface area contributed by atoms with E-state index in [0.29, 0.717) is 12.1 Å². The Morgan fingerprint density at radius 2 is 1.79 bits per heavy atom. The SMILES string of the molecule is CNC(=O)c1ccc(CN(C)C(=O)C=C(C)C)cc1. The van der Waals surface area contributed by atoms with Crippen LogP contribution in [0.4, 0.5) is 0 Å². The number of amides is 2. The van der Waals surface area contributed by atoms with Gasteiger partial charge in [-0.2, -0.15) is 0 Å². The van der Waals surface area contributed by atoms with E-state index in [1.165, 1.54) is 0 Å². The Hall–Kier alpha value is -2.10. The number of carbonyl (C=O) groups is 2. The summed E-state index contributed by atoms with van der Waals surface area (Å²) in [6.07, 6.45) is 1.61. The molecule has 4 heteroatoms. The third-order valence-corrected chi connectivity index (χ3v) is 2.65. The molecule has 1 rings (SSSR count). The van der Waals surface area contributed by atoms with E-state index in [9.17, 15) is 9.59 Å². The summed E-state index contributed by atoms with van der Waals surface area (Å²) in [5.74, 6) is -0.129. The van der Waals surface area contributed by atoms with Crippen molar-refractivity contribution in [3.8, 4) is 0 Å². The molecule has 0 heterocycles. The molecule has 0 atom stereocenters. The number of likely N-dealkylation sites (N-methyl/N-ethyl adjacent to an activating group) is 1. The molecule has 1 N–H and O–H groups in total. The molecule has 0 spiro atoms. The lowest BCUT2D eigenvalue weighted by molar-refractivity contribution is -0.125. The molecule has 0 aliphatic carbocycles. The third kappa shape index (κ3) is 4.58. The number of rotatable bonds is 4. The van der Waals surface area contributed by atoms with E-state index < -0.39 is 0 Å². The van der Waals surface area contributed by atoms with Gasteiger partial charge in [-0.1, -0.05) is 17.7 Å². The summed E-state index contributed by atoms with van der Waals surface area (Å²) in [6.45, 7) is 4.31. The van der Waals surface area contributed by atoms with Crippen LogP contribution in [-0.4, -0.2) is 30.8 Å². The van der Waals surface area contributed by atoms with Crippen LogP contribution < -0.4 is 5.32 Å². The van der Waals surface area contributed by atoms with Gasteiger partial charge >= 0.3 is 0 Å². The average molecular weight is 260 g/mol. The van der Waals surface area contributed by atoms with Crippen LogP contribution >= 0.6 is 0 Å². The molecule has 0 bridgehead atoms. The van der Waals surface area contributed by atoms with Crippen molar-refractivity contribution in [2.75, 3.05) is 14.1 Å². The van der Waals surface area contributed by atoms with Crippen LogP contribution in [-0.2, 0) is 11.3 Å². The highest BCUT2D eigenvalue weighted by Gasteiger charge is 2.07. The number of hydrogen-bond donors (Lipinski definition) is 1. The Balaban J connectivity index is 2.70. The van der Waals surface area contributed by atoms with Gasteiger partial charge in [-0.25, -0.2) is 0 Å². The maximum Gasteiger partial charge on any atom is 0.251 e. The fourth-order valence-corrected chi connectivity index (χ4v) is 1.61. The second-order valence-corrected chi connectivity index (χ2v) is 4.69. The second kappa shape index (κ2) is 6.73. The molecule has 102 valence electrons. The first-order chi connectivity index (χ1) is 8.93. The van der Waals surface area contributed by atoms with Gasteiger partial charge in [0.05, 0.1) is 0 Å². The van der Waals surface area contributed by atoms with Crippen molar-refractivity contribution >= 4 is 11.8 Å². The number of nitrogens with zero attached hydrogens (tertiary/aromatic N) is 1. The van der Waals surface area contributed by atoms with Gasteiger partial charge in [-0.05, 0) is 31.5 Å². The second-order valence-electron chi connectivity index (χ2n) is 4.69. The summed E-state index contributed by atoms with van der Waals surface area (Å²) in [5.41, 5.74) is 2.59. The zero-order chi connectivity index (χ0) is 14.4. The Morgan fingerprint density at radius 1 is 1.21 bits per heavy atom. The first-order valence-electron chi connectivity index (χ1n) is 6.15. The molecule has 0 aromatic heterocycles. The fraction of sp³-hybridized carbons (Fsp3) is 0.333. The lowest BCUT2D eigenvalue weighted by Gasteiger charge is -2.15. The predicted octanol–water partition coefficient (Wildman–Crippen LogP) is 1.97. The minimum atomic E-state index is -0.111. The molecule has 0 fully saturated rings. The molecule has 0 aliphatic rings. The van der Waals surface area contributed by atoms with Gasteiger partial charge in [0.15, 0.2) is 0 Å². The molecule has 4 nitrogen and oxygen atoms in total. The highest BCUT2D eigenvalue weighted by atomic mass is 16.2. The minimum Gasteiger partial charge on any atom is -0.355 e. The van der Waals surface area contributed by atoms with E-state index in [0.717, 1.165) is 11.1 Å². The van der Waals surface area contributed by atoms with Crippen LogP contribution in [0.5, 0.6) is 0 Å².